The number of hydrogen-bond acceptors (Lipinski definition) is 9. The van der Waals surface area contributed by atoms with Gasteiger partial charge in [0.25, 0.3) is 11.1 Å². The van der Waals surface area contributed by atoms with Crippen molar-refractivity contribution in [1.82, 2.24) is 20.6 Å². The topological polar surface area (TPSA) is 140 Å². The number of anilines is 1. The molecule has 3 amide bonds. The van der Waals surface area contributed by atoms with Crippen LogP contribution in [0.3, 0.4) is 0 Å². The molecule has 0 radical (unpaired) electrons. The summed E-state index contributed by atoms with van der Waals surface area (Å²) < 4.78 is 5.21. The van der Waals surface area contributed by atoms with E-state index in [9.17, 15) is 14.4 Å². The number of nitrogens with two attached hydrogens (primary N) is 1. The Hall–Kier alpha value is -3.44. The lowest BCUT2D eigenvalue weighted by Crippen LogP contribution is -2.43. The summed E-state index contributed by atoms with van der Waals surface area (Å²) in [6.07, 6.45) is 5.14. The van der Waals surface area contributed by atoms with Gasteiger partial charge in [0, 0.05) is 38.3 Å². The number of thioether (sulfide) groups is 1. The van der Waals surface area contributed by atoms with Crippen LogP contribution in [0.15, 0.2) is 41.4 Å². The summed E-state index contributed by atoms with van der Waals surface area (Å²) >= 11 is 0.857. The van der Waals surface area contributed by atoms with E-state index in [0.717, 1.165) is 49.0 Å². The van der Waals surface area contributed by atoms with Crippen molar-refractivity contribution in [2.45, 2.75) is 31.8 Å². The quantitative estimate of drug-likeness (QED) is 0.469. The standard InChI is InChI=1S/C24H28N6O4S/c1-34-18-4-2-3-15(11-18)14-27-21(31)13-19(25)16-6-9-30(10-7-16)23-26-8-5-17(28-23)12-20-22(32)29-24(33)35-20/h2-5,8,11-12,16,19H,6-7,9-10,13-14,25H2,1H3,(H,27,31)(H,29,32,33)/b20-12-. The number of rotatable bonds is 8. The number of aromatic nitrogens is 2. The van der Waals surface area contributed by atoms with Crippen LogP contribution in [0.2, 0.25) is 0 Å². The van der Waals surface area contributed by atoms with Gasteiger partial charge in [-0.2, -0.15) is 0 Å². The van der Waals surface area contributed by atoms with Crippen LogP contribution in [0.1, 0.15) is 30.5 Å². The van der Waals surface area contributed by atoms with Crippen molar-refractivity contribution in [3.05, 3.63) is 52.7 Å². The fraction of sp³-hybridized carbons (Fsp3) is 0.375. The Bertz CT molecular complexity index is 1130. The lowest BCUT2D eigenvalue weighted by Gasteiger charge is -2.34. The van der Waals surface area contributed by atoms with Crippen LogP contribution in [0, 0.1) is 5.92 Å². The van der Waals surface area contributed by atoms with Crippen molar-refractivity contribution >= 4 is 40.8 Å². The molecule has 2 aliphatic heterocycles. The first-order chi connectivity index (χ1) is 16.9. The summed E-state index contributed by atoms with van der Waals surface area (Å²) in [4.78, 5) is 46.8. The number of carbonyl (C=O) groups excluding carboxylic acids is 3. The third kappa shape index (κ3) is 6.58. The van der Waals surface area contributed by atoms with Crippen molar-refractivity contribution in [3.8, 4) is 5.75 Å². The van der Waals surface area contributed by atoms with Gasteiger partial charge in [-0.1, -0.05) is 12.1 Å². The van der Waals surface area contributed by atoms with Gasteiger partial charge in [0.2, 0.25) is 11.9 Å². The van der Waals surface area contributed by atoms with Crippen LogP contribution in [0.4, 0.5) is 10.7 Å². The molecule has 2 aliphatic rings. The third-order valence-electron chi connectivity index (χ3n) is 6.06. The molecule has 0 spiro atoms. The van der Waals surface area contributed by atoms with E-state index >= 15 is 0 Å². The van der Waals surface area contributed by atoms with Crippen molar-refractivity contribution < 1.29 is 19.1 Å². The van der Waals surface area contributed by atoms with Gasteiger partial charge in [0.1, 0.15) is 5.75 Å². The molecule has 4 rings (SSSR count). The molecule has 1 aromatic carbocycles. The maximum absolute atomic E-state index is 12.4. The van der Waals surface area contributed by atoms with E-state index in [1.165, 1.54) is 0 Å². The number of piperidine rings is 1. The zero-order valence-corrected chi connectivity index (χ0v) is 20.2. The fourth-order valence-corrected chi connectivity index (χ4v) is 4.78. The average Bonchev–Trinajstić information content (AvgIpc) is 3.19. The molecule has 10 nitrogen and oxygen atoms in total. The highest BCUT2D eigenvalue weighted by Gasteiger charge is 2.28. The molecule has 1 atom stereocenters. The molecule has 1 unspecified atom stereocenters. The number of nitrogens with zero attached hydrogens (tertiary/aromatic N) is 3. The Morgan fingerprint density at radius 3 is 2.86 bits per heavy atom. The number of benzene rings is 1. The van der Waals surface area contributed by atoms with E-state index in [-0.39, 0.29) is 29.5 Å². The number of hydrogen-bond donors (Lipinski definition) is 3. The first-order valence-corrected chi connectivity index (χ1v) is 12.2. The minimum Gasteiger partial charge on any atom is -0.497 e. The highest BCUT2D eigenvalue weighted by atomic mass is 32.2. The van der Waals surface area contributed by atoms with Gasteiger partial charge in [-0.15, -0.1) is 0 Å². The number of imide groups is 1. The molecule has 2 fully saturated rings. The van der Waals surface area contributed by atoms with Gasteiger partial charge in [-0.3, -0.25) is 19.7 Å². The summed E-state index contributed by atoms with van der Waals surface area (Å²) in [6, 6.07) is 9.05. The van der Waals surface area contributed by atoms with E-state index in [2.05, 4.69) is 25.5 Å². The van der Waals surface area contributed by atoms with Crippen LogP contribution in [-0.4, -0.2) is 53.3 Å². The third-order valence-corrected chi connectivity index (χ3v) is 6.87. The van der Waals surface area contributed by atoms with Crippen molar-refractivity contribution in [2.75, 3.05) is 25.1 Å². The van der Waals surface area contributed by atoms with E-state index in [4.69, 9.17) is 10.5 Å². The zero-order chi connectivity index (χ0) is 24.8. The lowest BCUT2D eigenvalue weighted by atomic mass is 9.88. The molecular weight excluding hydrogens is 468 g/mol. The molecule has 0 aliphatic carbocycles. The maximum atomic E-state index is 12.4. The predicted octanol–water partition coefficient (Wildman–Crippen LogP) is 2.06. The molecule has 2 saturated heterocycles. The van der Waals surface area contributed by atoms with Crippen molar-refractivity contribution in [3.63, 3.8) is 0 Å². The summed E-state index contributed by atoms with van der Waals surface area (Å²) in [7, 11) is 1.61. The minimum absolute atomic E-state index is 0.0703. The van der Waals surface area contributed by atoms with E-state index in [1.54, 1.807) is 25.4 Å². The highest BCUT2D eigenvalue weighted by molar-refractivity contribution is 8.18. The second-order valence-corrected chi connectivity index (χ2v) is 9.47. The second kappa shape index (κ2) is 11.3. The van der Waals surface area contributed by atoms with Crippen LogP contribution in [0.25, 0.3) is 6.08 Å². The van der Waals surface area contributed by atoms with Crippen LogP contribution >= 0.6 is 11.8 Å². The van der Waals surface area contributed by atoms with E-state index in [0.29, 0.717) is 23.1 Å². The molecular formula is C24H28N6O4S. The molecule has 0 bridgehead atoms. The van der Waals surface area contributed by atoms with Gasteiger partial charge in [-0.05, 0) is 60.4 Å². The Kier molecular flexibility index (Phi) is 7.98. The van der Waals surface area contributed by atoms with Crippen LogP contribution in [-0.2, 0) is 16.1 Å². The SMILES string of the molecule is COc1cccc(CNC(=O)CC(N)C2CCN(c3nccc(/C=C4\SC(=O)NC4=O)n3)CC2)c1. The summed E-state index contributed by atoms with van der Waals surface area (Å²) in [6.45, 7) is 1.87. The smallest absolute Gasteiger partial charge is 0.290 e. The Morgan fingerprint density at radius 1 is 1.34 bits per heavy atom. The van der Waals surface area contributed by atoms with Crippen LogP contribution in [0.5, 0.6) is 5.75 Å². The molecule has 11 heteroatoms. The predicted molar refractivity (Wildman–Crippen MR) is 134 cm³/mol. The second-order valence-electron chi connectivity index (χ2n) is 8.45. The molecule has 35 heavy (non-hydrogen) atoms. The van der Waals surface area contributed by atoms with E-state index in [1.807, 2.05) is 24.3 Å². The van der Waals surface area contributed by atoms with Crippen LogP contribution < -0.4 is 26.0 Å². The number of amides is 3. The zero-order valence-electron chi connectivity index (χ0n) is 19.4. The highest BCUT2D eigenvalue weighted by Crippen LogP contribution is 2.27. The van der Waals surface area contributed by atoms with Gasteiger partial charge in [0.15, 0.2) is 0 Å². The monoisotopic (exact) mass is 496 g/mol. The van der Waals surface area contributed by atoms with Gasteiger partial charge < -0.3 is 20.7 Å². The molecule has 1 aromatic heterocycles. The number of methoxy groups -OCH3 is 1. The Labute approximate surface area is 207 Å². The van der Waals surface area contributed by atoms with Gasteiger partial charge in [-0.25, -0.2) is 9.97 Å². The number of ether oxygens (including phenoxy) is 1. The van der Waals surface area contributed by atoms with E-state index < -0.39 is 5.91 Å². The first kappa shape index (κ1) is 24.7. The summed E-state index contributed by atoms with van der Waals surface area (Å²) in [5, 5.41) is 4.78. The largest absolute Gasteiger partial charge is 0.497 e. The molecule has 184 valence electrons. The molecule has 2 aromatic rings. The van der Waals surface area contributed by atoms with Gasteiger partial charge in [0.05, 0.1) is 17.7 Å². The summed E-state index contributed by atoms with van der Waals surface area (Å²) in [5.74, 6) is 1.06. The first-order valence-electron chi connectivity index (χ1n) is 11.4. The normalized spacial score (nSPS) is 18.5. The fourth-order valence-electron chi connectivity index (χ4n) is 4.11. The molecule has 0 saturated carbocycles. The minimum atomic E-state index is -0.414. The summed E-state index contributed by atoms with van der Waals surface area (Å²) in [5.41, 5.74) is 7.91. The number of nitrogens with one attached hydrogen (secondary N) is 2. The van der Waals surface area contributed by atoms with Gasteiger partial charge >= 0.3 is 0 Å². The maximum Gasteiger partial charge on any atom is 0.290 e. The Balaban J connectivity index is 1.26. The average molecular weight is 497 g/mol. The van der Waals surface area contributed by atoms with Crippen molar-refractivity contribution in [2.24, 2.45) is 11.7 Å². The molecule has 3 heterocycles. The number of carbonyl (C=O) groups is 3. The molecule has 4 N–H and O–H groups in total. The lowest BCUT2D eigenvalue weighted by molar-refractivity contribution is -0.122. The van der Waals surface area contributed by atoms with Crippen molar-refractivity contribution in [1.29, 1.82) is 0 Å². The Morgan fingerprint density at radius 2 is 2.14 bits per heavy atom.